The summed E-state index contributed by atoms with van der Waals surface area (Å²) in [7, 11) is 3.87. The van der Waals surface area contributed by atoms with Gasteiger partial charge >= 0.3 is 0 Å². The first kappa shape index (κ1) is 24.7. The van der Waals surface area contributed by atoms with Gasteiger partial charge in [0.15, 0.2) is 0 Å². The van der Waals surface area contributed by atoms with Crippen LogP contribution in [0.3, 0.4) is 0 Å². The van der Waals surface area contributed by atoms with Crippen molar-refractivity contribution >= 4 is 62.5 Å². The van der Waals surface area contributed by atoms with E-state index in [2.05, 4.69) is 0 Å². The molecule has 0 N–H and O–H groups in total. The molecule has 0 saturated carbocycles. The third kappa shape index (κ3) is 4.33. The number of aromatic nitrogens is 2. The minimum Gasteiger partial charge on any atom is -1.00 e. The number of aryl methyl sites for hydroxylation is 1. The van der Waals surface area contributed by atoms with E-state index in [9.17, 15) is 13.6 Å². The first-order valence-corrected chi connectivity index (χ1v) is 12.7. The van der Waals surface area contributed by atoms with E-state index < -0.39 is 0 Å². The molecule has 0 amide bonds. The number of hydrogen-bond donors (Lipinski definition) is 0. The van der Waals surface area contributed by atoms with E-state index in [-0.39, 0.29) is 29.6 Å². The molecule has 5 rings (SSSR count). The van der Waals surface area contributed by atoms with Crippen LogP contribution in [-0.4, -0.2) is 11.6 Å². The van der Waals surface area contributed by atoms with Crippen LogP contribution < -0.4 is 36.6 Å². The lowest BCUT2D eigenvalue weighted by Gasteiger charge is -2.12. The highest BCUT2D eigenvalue weighted by atomic mass is 35.5. The highest BCUT2D eigenvalue weighted by molar-refractivity contribution is 8.03. The van der Waals surface area contributed by atoms with Gasteiger partial charge in [-0.25, -0.2) is 8.78 Å². The summed E-state index contributed by atoms with van der Waals surface area (Å²) in [6, 6.07) is 9.49. The number of nitrogens with zero attached hydrogens (tertiary/aromatic N) is 3. The topological polar surface area (TPSA) is 29.1 Å². The van der Waals surface area contributed by atoms with Crippen molar-refractivity contribution in [2.75, 3.05) is 11.9 Å². The van der Waals surface area contributed by atoms with Crippen LogP contribution in [-0.2, 0) is 13.6 Å². The molecule has 1 aliphatic rings. The van der Waals surface area contributed by atoms with Gasteiger partial charge in [-0.3, -0.25) is 9.36 Å². The Hall–Kier alpha value is -2.46. The average molecular weight is 536 g/mol. The maximum atomic E-state index is 13.6. The SMILES string of the molecule is CCn1c(=O)/c(=C/C=C2\Sc3cc(F)ccc3N2C)s/c1=C\c1sc2cc(F)ccc2[n+]1C.[Cl-]. The van der Waals surface area contributed by atoms with Crippen LogP contribution in [0.4, 0.5) is 14.5 Å². The highest BCUT2D eigenvalue weighted by Gasteiger charge is 2.22. The maximum absolute atomic E-state index is 13.6. The number of thiazole rings is 2. The molecule has 2 aromatic carbocycles. The van der Waals surface area contributed by atoms with E-state index in [4.69, 9.17) is 0 Å². The second-order valence-corrected chi connectivity index (χ2v) is 10.7. The van der Waals surface area contributed by atoms with Crippen LogP contribution >= 0.6 is 34.4 Å². The monoisotopic (exact) mass is 535 g/mol. The Balaban J connectivity index is 0.00000274. The predicted octanol–water partition coefficient (Wildman–Crippen LogP) is 0.944. The standard InChI is InChI=1S/C24H20F2N3OS3.ClH/c1-4-29-23(13-22-28(3)17-8-6-15(26)12-20(17)33-22)31-18(24(29)30)9-10-21-27(2)16-7-5-14(25)11-19(16)32-21;/h5-13H,4H2,1-3H3;1H/q+1;/p-1/b18-9-,21-10-;. The van der Waals surface area contributed by atoms with Crippen LogP contribution in [0.5, 0.6) is 0 Å². The first-order chi connectivity index (χ1) is 15.9. The summed E-state index contributed by atoms with van der Waals surface area (Å²) >= 11 is 4.40. The fourth-order valence-electron chi connectivity index (χ4n) is 3.77. The predicted molar refractivity (Wildman–Crippen MR) is 133 cm³/mol. The Morgan fingerprint density at radius 3 is 2.56 bits per heavy atom. The van der Waals surface area contributed by atoms with Crippen LogP contribution in [0.2, 0.25) is 0 Å². The second kappa shape index (κ2) is 9.65. The molecule has 0 fully saturated rings. The van der Waals surface area contributed by atoms with Gasteiger partial charge in [0, 0.05) is 24.6 Å². The largest absolute Gasteiger partial charge is 1.00 e. The van der Waals surface area contributed by atoms with Crippen LogP contribution in [0, 0.1) is 11.6 Å². The van der Waals surface area contributed by atoms with Crippen molar-refractivity contribution < 1.29 is 25.8 Å². The normalized spacial score (nSPS) is 15.4. The Morgan fingerprint density at radius 1 is 1.06 bits per heavy atom. The molecule has 0 radical (unpaired) electrons. The summed E-state index contributed by atoms with van der Waals surface area (Å²) in [5, 5.41) is 1.86. The summed E-state index contributed by atoms with van der Waals surface area (Å²) in [5.74, 6) is -0.525. The van der Waals surface area contributed by atoms with Crippen molar-refractivity contribution in [3.8, 4) is 0 Å². The van der Waals surface area contributed by atoms with E-state index in [1.807, 2.05) is 48.7 Å². The zero-order valence-electron chi connectivity index (χ0n) is 18.5. The molecule has 34 heavy (non-hydrogen) atoms. The lowest BCUT2D eigenvalue weighted by Crippen LogP contribution is -3.00. The number of hydrogen-bond acceptors (Lipinski definition) is 5. The molecule has 0 unspecified atom stereocenters. The smallest absolute Gasteiger partial charge is 0.269 e. The van der Waals surface area contributed by atoms with Crippen LogP contribution in [0.25, 0.3) is 22.4 Å². The number of anilines is 1. The fourth-order valence-corrected chi connectivity index (χ4v) is 7.09. The summed E-state index contributed by atoms with van der Waals surface area (Å²) in [6.45, 7) is 2.49. The van der Waals surface area contributed by atoms with Crippen molar-refractivity contribution in [1.29, 1.82) is 0 Å². The van der Waals surface area contributed by atoms with Gasteiger partial charge in [-0.05, 0) is 49.4 Å². The summed E-state index contributed by atoms with van der Waals surface area (Å²) in [4.78, 5) is 15.9. The second-order valence-electron chi connectivity index (χ2n) is 7.55. The van der Waals surface area contributed by atoms with E-state index in [1.54, 1.807) is 16.7 Å². The van der Waals surface area contributed by atoms with Gasteiger partial charge in [-0.1, -0.05) is 23.1 Å². The molecule has 176 valence electrons. The molecule has 3 heterocycles. The zero-order valence-corrected chi connectivity index (χ0v) is 21.7. The number of rotatable bonds is 3. The molecule has 0 bridgehead atoms. The first-order valence-electron chi connectivity index (χ1n) is 10.3. The molecule has 1 aliphatic heterocycles. The molecule has 0 atom stereocenters. The van der Waals surface area contributed by atoms with Gasteiger partial charge in [0.05, 0.1) is 21.3 Å². The number of halogens is 3. The molecular formula is C24H20ClF2N3OS3. The number of benzene rings is 2. The lowest BCUT2D eigenvalue weighted by molar-refractivity contribution is -0.642. The maximum Gasteiger partial charge on any atom is 0.269 e. The van der Waals surface area contributed by atoms with E-state index in [1.165, 1.54) is 58.7 Å². The average Bonchev–Trinajstić information content (AvgIpc) is 3.37. The van der Waals surface area contributed by atoms with Crippen molar-refractivity contribution in [3.05, 3.63) is 83.7 Å². The van der Waals surface area contributed by atoms with Crippen molar-refractivity contribution in [1.82, 2.24) is 4.57 Å². The minimum atomic E-state index is -0.263. The molecule has 4 aromatic rings. The fraction of sp³-hybridized carbons (Fsp3) is 0.167. The highest BCUT2D eigenvalue weighted by Crippen LogP contribution is 2.45. The van der Waals surface area contributed by atoms with E-state index >= 15 is 0 Å². The third-order valence-corrected chi connectivity index (χ3v) is 8.93. The number of allylic oxidation sites excluding steroid dienone is 1. The number of fused-ring (bicyclic) bond motifs is 2. The third-order valence-electron chi connectivity index (χ3n) is 5.53. The van der Waals surface area contributed by atoms with Gasteiger partial charge in [0.2, 0.25) is 5.52 Å². The Kier molecular flexibility index (Phi) is 7.00. The van der Waals surface area contributed by atoms with Crippen molar-refractivity contribution in [2.45, 2.75) is 18.4 Å². The minimum absolute atomic E-state index is 0. The van der Waals surface area contributed by atoms with Gasteiger partial charge in [-0.15, -0.1) is 11.3 Å². The molecule has 4 nitrogen and oxygen atoms in total. The van der Waals surface area contributed by atoms with Crippen LogP contribution in [0.15, 0.2) is 57.2 Å². The molecule has 0 spiro atoms. The Labute approximate surface area is 213 Å². The van der Waals surface area contributed by atoms with Crippen LogP contribution in [0.1, 0.15) is 11.9 Å². The molecule has 0 aliphatic carbocycles. The van der Waals surface area contributed by atoms with Crippen molar-refractivity contribution in [2.24, 2.45) is 7.05 Å². The summed E-state index contributed by atoms with van der Waals surface area (Å²) in [5.41, 5.74) is 1.85. The molecular weight excluding hydrogens is 516 g/mol. The van der Waals surface area contributed by atoms with Gasteiger partial charge in [0.1, 0.15) is 28.0 Å². The summed E-state index contributed by atoms with van der Waals surface area (Å²) < 4.78 is 33.3. The molecule has 10 heteroatoms. The molecule has 0 saturated heterocycles. The number of thioether (sulfide) groups is 1. The Bertz CT molecular complexity index is 1620. The summed E-state index contributed by atoms with van der Waals surface area (Å²) in [6.07, 6.45) is 5.72. The van der Waals surface area contributed by atoms with E-state index in [0.29, 0.717) is 11.1 Å². The van der Waals surface area contributed by atoms with Crippen molar-refractivity contribution in [3.63, 3.8) is 0 Å². The quantitative estimate of drug-likeness (QED) is 0.366. The van der Waals surface area contributed by atoms with Gasteiger partial charge in [0.25, 0.3) is 10.6 Å². The van der Waals surface area contributed by atoms with E-state index in [0.717, 1.165) is 35.5 Å². The zero-order chi connectivity index (χ0) is 23.3. The Morgan fingerprint density at radius 2 is 1.79 bits per heavy atom. The van der Waals surface area contributed by atoms with Gasteiger partial charge < -0.3 is 17.3 Å². The van der Waals surface area contributed by atoms with Gasteiger partial charge in [-0.2, -0.15) is 4.57 Å². The lowest BCUT2D eigenvalue weighted by atomic mass is 10.3. The molecule has 2 aromatic heterocycles.